The molecule has 1 amide bonds. The van der Waals surface area contributed by atoms with Crippen LogP contribution in [0.3, 0.4) is 0 Å². The van der Waals surface area contributed by atoms with Crippen LogP contribution in [0, 0.1) is 0 Å². The molecule has 0 saturated heterocycles. The molecule has 1 unspecified atom stereocenters. The maximum absolute atomic E-state index is 12.2. The lowest BCUT2D eigenvalue weighted by Crippen LogP contribution is -2.39. The Labute approximate surface area is 144 Å². The van der Waals surface area contributed by atoms with E-state index >= 15 is 0 Å². The number of hydrogen-bond donors (Lipinski definition) is 0. The standard InChI is InChI=1S/C18H28N2O4/c1-6-17(21)20(12-11-18(22)24-5)13-16(19(2)3)14-7-9-15(23-4)10-8-14/h7-10,16H,6,11-13H2,1-5H3. The predicted molar refractivity (Wildman–Crippen MR) is 92.9 cm³/mol. The van der Waals surface area contributed by atoms with Gasteiger partial charge in [-0.25, -0.2) is 0 Å². The first-order valence-electron chi connectivity index (χ1n) is 8.07. The molecule has 0 N–H and O–H groups in total. The van der Waals surface area contributed by atoms with Crippen LogP contribution in [-0.4, -0.2) is 63.1 Å². The van der Waals surface area contributed by atoms with Crippen molar-refractivity contribution >= 4 is 11.9 Å². The van der Waals surface area contributed by atoms with Crippen LogP contribution in [0.1, 0.15) is 31.4 Å². The molecule has 0 heterocycles. The van der Waals surface area contributed by atoms with Gasteiger partial charge in [0.25, 0.3) is 0 Å². The number of rotatable bonds is 9. The largest absolute Gasteiger partial charge is 0.497 e. The van der Waals surface area contributed by atoms with E-state index in [9.17, 15) is 9.59 Å². The first-order chi connectivity index (χ1) is 11.4. The molecule has 0 radical (unpaired) electrons. The summed E-state index contributed by atoms with van der Waals surface area (Å²) in [5.41, 5.74) is 1.09. The summed E-state index contributed by atoms with van der Waals surface area (Å²) in [7, 11) is 6.94. The summed E-state index contributed by atoms with van der Waals surface area (Å²) in [6.07, 6.45) is 0.606. The van der Waals surface area contributed by atoms with Crippen LogP contribution in [0.25, 0.3) is 0 Å². The van der Waals surface area contributed by atoms with Gasteiger partial charge in [0.15, 0.2) is 0 Å². The zero-order valence-electron chi connectivity index (χ0n) is 15.2. The molecule has 6 nitrogen and oxygen atoms in total. The van der Waals surface area contributed by atoms with Gasteiger partial charge in [-0.05, 0) is 31.8 Å². The number of esters is 1. The lowest BCUT2D eigenvalue weighted by molar-refractivity contribution is -0.141. The van der Waals surface area contributed by atoms with Crippen molar-refractivity contribution < 1.29 is 19.1 Å². The molecule has 6 heteroatoms. The minimum absolute atomic E-state index is 0.0271. The van der Waals surface area contributed by atoms with Gasteiger partial charge in [0, 0.05) is 19.5 Å². The van der Waals surface area contributed by atoms with Crippen LogP contribution in [0.5, 0.6) is 5.75 Å². The highest BCUT2D eigenvalue weighted by atomic mass is 16.5. The zero-order chi connectivity index (χ0) is 18.1. The Balaban J connectivity index is 2.90. The van der Waals surface area contributed by atoms with Crippen molar-refractivity contribution in [1.29, 1.82) is 0 Å². The first-order valence-corrected chi connectivity index (χ1v) is 8.07. The number of methoxy groups -OCH3 is 2. The van der Waals surface area contributed by atoms with Crippen molar-refractivity contribution in [3.8, 4) is 5.75 Å². The van der Waals surface area contributed by atoms with Crippen molar-refractivity contribution in [2.75, 3.05) is 41.4 Å². The molecule has 0 fully saturated rings. The number of likely N-dealkylation sites (N-methyl/N-ethyl adjacent to an activating group) is 1. The summed E-state index contributed by atoms with van der Waals surface area (Å²) in [6.45, 7) is 2.70. The molecule has 134 valence electrons. The van der Waals surface area contributed by atoms with Gasteiger partial charge < -0.3 is 19.3 Å². The molecule has 1 rings (SSSR count). The number of nitrogens with zero attached hydrogens (tertiary/aromatic N) is 2. The molecule has 1 aromatic rings. The molecule has 0 bridgehead atoms. The summed E-state index contributed by atoms with van der Waals surface area (Å²) >= 11 is 0. The molecule has 1 aromatic carbocycles. The van der Waals surface area contributed by atoms with E-state index in [2.05, 4.69) is 9.64 Å². The fraction of sp³-hybridized carbons (Fsp3) is 0.556. The third kappa shape index (κ3) is 5.85. The molecule has 1 atom stereocenters. The van der Waals surface area contributed by atoms with Gasteiger partial charge in [-0.3, -0.25) is 9.59 Å². The van der Waals surface area contributed by atoms with Gasteiger partial charge in [0.05, 0.1) is 26.7 Å². The Morgan fingerprint density at radius 3 is 2.21 bits per heavy atom. The van der Waals surface area contributed by atoms with Crippen molar-refractivity contribution in [2.45, 2.75) is 25.8 Å². The Morgan fingerprint density at radius 1 is 1.12 bits per heavy atom. The summed E-state index contributed by atoms with van der Waals surface area (Å²) < 4.78 is 9.87. The summed E-state index contributed by atoms with van der Waals surface area (Å²) in [5.74, 6) is 0.512. The van der Waals surface area contributed by atoms with Crippen molar-refractivity contribution in [3.05, 3.63) is 29.8 Å². The number of benzene rings is 1. The highest BCUT2D eigenvalue weighted by Crippen LogP contribution is 2.23. The second-order valence-electron chi connectivity index (χ2n) is 5.77. The van der Waals surface area contributed by atoms with Gasteiger partial charge in [-0.2, -0.15) is 0 Å². The Morgan fingerprint density at radius 2 is 1.75 bits per heavy atom. The van der Waals surface area contributed by atoms with Gasteiger partial charge in [0.2, 0.25) is 5.91 Å². The molecule has 0 saturated carbocycles. The van der Waals surface area contributed by atoms with E-state index < -0.39 is 0 Å². The quantitative estimate of drug-likeness (QED) is 0.646. The van der Waals surface area contributed by atoms with E-state index in [1.807, 2.05) is 45.3 Å². The van der Waals surface area contributed by atoms with Crippen molar-refractivity contribution in [3.63, 3.8) is 0 Å². The van der Waals surface area contributed by atoms with Crippen LogP contribution in [0.2, 0.25) is 0 Å². The summed E-state index contributed by atoms with van der Waals surface area (Å²) in [5, 5.41) is 0. The van der Waals surface area contributed by atoms with Gasteiger partial charge in [-0.15, -0.1) is 0 Å². The summed E-state index contributed by atoms with van der Waals surface area (Å²) in [6, 6.07) is 7.85. The third-order valence-electron chi connectivity index (χ3n) is 3.99. The highest BCUT2D eigenvalue weighted by molar-refractivity contribution is 5.77. The highest BCUT2D eigenvalue weighted by Gasteiger charge is 2.22. The molecule has 0 aliphatic heterocycles. The monoisotopic (exact) mass is 336 g/mol. The Bertz CT molecular complexity index is 528. The Kier molecular flexibility index (Phi) is 8.26. The smallest absolute Gasteiger partial charge is 0.307 e. The number of carbonyl (C=O) groups excluding carboxylic acids is 2. The minimum Gasteiger partial charge on any atom is -0.497 e. The lowest BCUT2D eigenvalue weighted by atomic mass is 10.0. The Hall–Kier alpha value is -2.08. The van der Waals surface area contributed by atoms with Crippen LogP contribution < -0.4 is 4.74 Å². The van der Waals surface area contributed by atoms with E-state index in [1.54, 1.807) is 12.0 Å². The second kappa shape index (κ2) is 9.93. The molecular formula is C18H28N2O4. The van der Waals surface area contributed by atoms with Crippen LogP contribution in [0.4, 0.5) is 0 Å². The normalized spacial score (nSPS) is 11.9. The van der Waals surface area contributed by atoms with E-state index in [-0.39, 0.29) is 24.3 Å². The second-order valence-corrected chi connectivity index (χ2v) is 5.77. The van der Waals surface area contributed by atoms with Gasteiger partial charge in [0.1, 0.15) is 5.75 Å². The average molecular weight is 336 g/mol. The summed E-state index contributed by atoms with van der Waals surface area (Å²) in [4.78, 5) is 27.4. The molecule has 0 spiro atoms. The molecule has 0 aromatic heterocycles. The average Bonchev–Trinajstić information content (AvgIpc) is 2.60. The molecule has 24 heavy (non-hydrogen) atoms. The minimum atomic E-state index is -0.310. The number of ether oxygens (including phenoxy) is 2. The number of carbonyl (C=O) groups is 2. The lowest BCUT2D eigenvalue weighted by Gasteiger charge is -2.31. The molecule has 0 aliphatic carbocycles. The SMILES string of the molecule is CCC(=O)N(CCC(=O)OC)CC(c1ccc(OC)cc1)N(C)C. The first kappa shape index (κ1) is 20.0. The van der Waals surface area contributed by atoms with E-state index in [0.29, 0.717) is 19.5 Å². The number of amides is 1. The fourth-order valence-corrected chi connectivity index (χ4v) is 2.47. The number of hydrogen-bond acceptors (Lipinski definition) is 5. The van der Waals surface area contributed by atoms with E-state index in [0.717, 1.165) is 11.3 Å². The van der Waals surface area contributed by atoms with Crippen LogP contribution >= 0.6 is 0 Å². The maximum atomic E-state index is 12.2. The fourth-order valence-electron chi connectivity index (χ4n) is 2.47. The topological polar surface area (TPSA) is 59.1 Å². The maximum Gasteiger partial charge on any atom is 0.307 e. The third-order valence-corrected chi connectivity index (χ3v) is 3.99. The van der Waals surface area contributed by atoms with Gasteiger partial charge >= 0.3 is 5.97 Å². The van der Waals surface area contributed by atoms with Crippen LogP contribution in [0.15, 0.2) is 24.3 Å². The van der Waals surface area contributed by atoms with Crippen molar-refractivity contribution in [2.24, 2.45) is 0 Å². The molecular weight excluding hydrogens is 308 g/mol. The van der Waals surface area contributed by atoms with Crippen molar-refractivity contribution in [1.82, 2.24) is 9.80 Å². The predicted octanol–water partition coefficient (Wildman–Crippen LogP) is 2.10. The van der Waals surface area contributed by atoms with Crippen LogP contribution in [-0.2, 0) is 14.3 Å². The van der Waals surface area contributed by atoms with E-state index in [1.165, 1.54) is 7.11 Å². The van der Waals surface area contributed by atoms with E-state index in [4.69, 9.17) is 4.74 Å². The van der Waals surface area contributed by atoms with Gasteiger partial charge in [-0.1, -0.05) is 19.1 Å². The molecule has 0 aliphatic rings. The zero-order valence-corrected chi connectivity index (χ0v) is 15.2.